The molecule has 19 heavy (non-hydrogen) atoms. The monoisotopic (exact) mass is 273 g/mol. The molecule has 0 saturated heterocycles. The van der Waals surface area contributed by atoms with Gasteiger partial charge in [-0.15, -0.1) is 0 Å². The zero-order valence-electron chi connectivity index (χ0n) is 11.8. The minimum absolute atomic E-state index is 0.523. The second-order valence-electron chi connectivity index (χ2n) is 6.07. The van der Waals surface area contributed by atoms with Crippen LogP contribution in [0.2, 0.25) is 5.02 Å². The van der Waals surface area contributed by atoms with Crippen molar-refractivity contribution in [3.8, 4) is 0 Å². The van der Waals surface area contributed by atoms with Crippen LogP contribution in [0.25, 0.3) is 10.9 Å². The van der Waals surface area contributed by atoms with Crippen molar-refractivity contribution >= 4 is 22.5 Å². The summed E-state index contributed by atoms with van der Waals surface area (Å²) in [4.78, 5) is 4.95. The maximum atomic E-state index is 6.68. The fraction of sp³-hybridized carbons (Fsp3) is 0.471. The lowest BCUT2D eigenvalue weighted by atomic mass is 9.75. The van der Waals surface area contributed by atoms with Gasteiger partial charge in [-0.3, -0.25) is 4.98 Å². The van der Waals surface area contributed by atoms with Gasteiger partial charge in [-0.1, -0.05) is 50.6 Å². The van der Waals surface area contributed by atoms with Gasteiger partial charge in [0.1, 0.15) is 0 Å². The number of fused-ring (bicyclic) bond motifs is 2. The number of hydrogen-bond acceptors (Lipinski definition) is 1. The quantitative estimate of drug-likeness (QED) is 0.666. The second kappa shape index (κ2) is 4.79. The Balaban J connectivity index is 2.31. The molecule has 2 aromatic rings. The molecule has 1 aliphatic rings. The van der Waals surface area contributed by atoms with E-state index in [1.165, 1.54) is 24.1 Å². The van der Waals surface area contributed by atoms with Crippen molar-refractivity contribution in [1.29, 1.82) is 0 Å². The molecule has 1 heterocycles. The van der Waals surface area contributed by atoms with Crippen molar-refractivity contribution in [3.63, 3.8) is 0 Å². The number of hydrogen-bond donors (Lipinski definition) is 0. The molecule has 3 rings (SSSR count). The molecular formula is C17H20ClN. The Labute approximate surface area is 120 Å². The third-order valence-corrected chi connectivity index (χ3v) is 4.86. The average molecular weight is 274 g/mol. The fourth-order valence-electron chi connectivity index (χ4n) is 3.32. The average Bonchev–Trinajstić information content (AvgIpc) is 2.38. The summed E-state index contributed by atoms with van der Waals surface area (Å²) in [7, 11) is 0. The van der Waals surface area contributed by atoms with Crippen LogP contribution in [-0.2, 0) is 0 Å². The first-order chi connectivity index (χ1) is 9.09. The number of benzene rings is 1. The van der Waals surface area contributed by atoms with Gasteiger partial charge in [-0.2, -0.15) is 0 Å². The molecule has 0 spiro atoms. The number of nitrogens with zero attached hydrogens (tertiary/aromatic N) is 1. The van der Waals surface area contributed by atoms with E-state index in [4.69, 9.17) is 16.6 Å². The molecule has 0 aliphatic heterocycles. The zero-order chi connectivity index (χ0) is 13.6. The first-order valence-electron chi connectivity index (χ1n) is 7.17. The van der Waals surface area contributed by atoms with E-state index in [1.807, 2.05) is 12.1 Å². The van der Waals surface area contributed by atoms with Crippen molar-refractivity contribution < 1.29 is 0 Å². The highest BCUT2D eigenvalue weighted by Gasteiger charge is 2.30. The van der Waals surface area contributed by atoms with Crippen molar-refractivity contribution in [3.05, 3.63) is 40.5 Å². The van der Waals surface area contributed by atoms with E-state index >= 15 is 0 Å². The standard InChI is InChI=1S/C17H20ClN/c1-10(2)12-9-8-11(3)15-16(18)13-6-4-5-7-14(13)19-17(12)15/h4-7,10-12H,8-9H2,1-3H3. The smallest absolute Gasteiger partial charge is 0.0720 e. The Kier molecular flexibility index (Phi) is 3.26. The maximum absolute atomic E-state index is 6.68. The van der Waals surface area contributed by atoms with Gasteiger partial charge >= 0.3 is 0 Å². The Morgan fingerprint density at radius 2 is 1.95 bits per heavy atom. The van der Waals surface area contributed by atoms with Crippen LogP contribution in [0.3, 0.4) is 0 Å². The van der Waals surface area contributed by atoms with Gasteiger partial charge in [0.2, 0.25) is 0 Å². The molecule has 1 aliphatic carbocycles. The predicted molar refractivity (Wildman–Crippen MR) is 82.0 cm³/mol. The summed E-state index contributed by atoms with van der Waals surface area (Å²) in [6.07, 6.45) is 2.45. The van der Waals surface area contributed by atoms with Gasteiger partial charge in [0.15, 0.2) is 0 Å². The summed E-state index contributed by atoms with van der Waals surface area (Å²) < 4.78 is 0. The van der Waals surface area contributed by atoms with Gasteiger partial charge in [-0.05, 0) is 36.3 Å². The minimum atomic E-state index is 0.523. The molecule has 1 nitrogen and oxygen atoms in total. The summed E-state index contributed by atoms with van der Waals surface area (Å²) in [5.41, 5.74) is 3.58. The van der Waals surface area contributed by atoms with E-state index in [-0.39, 0.29) is 0 Å². The molecule has 2 unspecified atom stereocenters. The SMILES string of the molecule is CC1CCC(C(C)C)c2nc3ccccc3c(Cl)c21. The summed E-state index contributed by atoms with van der Waals surface area (Å²) in [5.74, 6) is 1.69. The Morgan fingerprint density at radius 3 is 2.68 bits per heavy atom. The Hall–Kier alpha value is -1.08. The van der Waals surface area contributed by atoms with E-state index in [9.17, 15) is 0 Å². The Morgan fingerprint density at radius 1 is 1.21 bits per heavy atom. The number of halogens is 1. The summed E-state index contributed by atoms with van der Waals surface area (Å²) in [6, 6.07) is 8.22. The van der Waals surface area contributed by atoms with Gasteiger partial charge in [0.25, 0.3) is 0 Å². The van der Waals surface area contributed by atoms with Crippen LogP contribution in [0.5, 0.6) is 0 Å². The molecule has 100 valence electrons. The van der Waals surface area contributed by atoms with Crippen LogP contribution in [0.1, 0.15) is 56.7 Å². The molecule has 0 fully saturated rings. The topological polar surface area (TPSA) is 12.9 Å². The highest BCUT2D eigenvalue weighted by atomic mass is 35.5. The third-order valence-electron chi connectivity index (χ3n) is 4.45. The van der Waals surface area contributed by atoms with Crippen LogP contribution >= 0.6 is 11.6 Å². The largest absolute Gasteiger partial charge is 0.252 e. The van der Waals surface area contributed by atoms with E-state index in [1.54, 1.807) is 0 Å². The molecule has 1 aromatic heterocycles. The van der Waals surface area contributed by atoms with Crippen LogP contribution in [0.4, 0.5) is 0 Å². The summed E-state index contributed by atoms with van der Waals surface area (Å²) in [6.45, 7) is 6.85. The van der Waals surface area contributed by atoms with E-state index in [0.29, 0.717) is 17.8 Å². The molecule has 0 radical (unpaired) electrons. The molecule has 0 bridgehead atoms. The van der Waals surface area contributed by atoms with Gasteiger partial charge in [0, 0.05) is 17.0 Å². The van der Waals surface area contributed by atoms with Crippen molar-refractivity contribution in [1.82, 2.24) is 4.98 Å². The minimum Gasteiger partial charge on any atom is -0.252 e. The van der Waals surface area contributed by atoms with E-state index < -0.39 is 0 Å². The van der Waals surface area contributed by atoms with E-state index in [0.717, 1.165) is 15.9 Å². The molecule has 2 atom stereocenters. The molecule has 0 N–H and O–H groups in total. The summed E-state index contributed by atoms with van der Waals surface area (Å²) >= 11 is 6.68. The summed E-state index contributed by atoms with van der Waals surface area (Å²) in [5, 5.41) is 2.03. The van der Waals surface area contributed by atoms with Crippen LogP contribution in [0, 0.1) is 5.92 Å². The highest BCUT2D eigenvalue weighted by molar-refractivity contribution is 6.36. The lowest BCUT2D eigenvalue weighted by molar-refractivity contribution is 0.402. The first kappa shape index (κ1) is 12.9. The molecule has 2 heteroatoms. The van der Waals surface area contributed by atoms with Crippen molar-refractivity contribution in [2.75, 3.05) is 0 Å². The zero-order valence-corrected chi connectivity index (χ0v) is 12.5. The van der Waals surface area contributed by atoms with Crippen molar-refractivity contribution in [2.24, 2.45) is 5.92 Å². The van der Waals surface area contributed by atoms with Crippen LogP contribution in [-0.4, -0.2) is 4.98 Å². The number of aromatic nitrogens is 1. The molecule has 0 saturated carbocycles. The normalized spacial score (nSPS) is 22.8. The van der Waals surface area contributed by atoms with Crippen molar-refractivity contribution in [2.45, 2.75) is 45.4 Å². The fourth-order valence-corrected chi connectivity index (χ4v) is 3.76. The lowest BCUT2D eigenvalue weighted by Crippen LogP contribution is -2.19. The number of para-hydroxylation sites is 1. The molecule has 1 aromatic carbocycles. The molecular weight excluding hydrogens is 254 g/mol. The number of pyridine rings is 1. The predicted octanol–water partition coefficient (Wildman–Crippen LogP) is 5.53. The van der Waals surface area contributed by atoms with Gasteiger partial charge in [-0.25, -0.2) is 0 Å². The van der Waals surface area contributed by atoms with E-state index in [2.05, 4.69) is 32.9 Å². The van der Waals surface area contributed by atoms with Gasteiger partial charge < -0.3 is 0 Å². The first-order valence-corrected chi connectivity index (χ1v) is 7.55. The highest BCUT2D eigenvalue weighted by Crippen LogP contribution is 2.45. The maximum Gasteiger partial charge on any atom is 0.0720 e. The second-order valence-corrected chi connectivity index (χ2v) is 6.45. The van der Waals surface area contributed by atoms with Gasteiger partial charge in [0.05, 0.1) is 10.5 Å². The Bertz CT molecular complexity index is 618. The third kappa shape index (κ3) is 2.04. The van der Waals surface area contributed by atoms with Crippen LogP contribution < -0.4 is 0 Å². The molecule has 0 amide bonds. The lowest BCUT2D eigenvalue weighted by Gasteiger charge is -2.32. The number of rotatable bonds is 1. The van der Waals surface area contributed by atoms with Crippen LogP contribution in [0.15, 0.2) is 24.3 Å².